The zero-order valence-corrected chi connectivity index (χ0v) is 14.3. The van der Waals surface area contributed by atoms with Gasteiger partial charge in [-0.3, -0.25) is 9.48 Å². The van der Waals surface area contributed by atoms with E-state index in [1.807, 2.05) is 43.5 Å². The summed E-state index contributed by atoms with van der Waals surface area (Å²) in [4.78, 5) is 12.1. The maximum absolute atomic E-state index is 12.1. The molecule has 1 aliphatic rings. The second-order valence-corrected chi connectivity index (χ2v) is 6.18. The summed E-state index contributed by atoms with van der Waals surface area (Å²) >= 11 is 0. The molecule has 0 radical (unpaired) electrons. The molecule has 2 aromatic rings. The summed E-state index contributed by atoms with van der Waals surface area (Å²) in [5.74, 6) is 2.52. The van der Waals surface area contributed by atoms with Crippen molar-refractivity contribution in [2.75, 3.05) is 6.54 Å². The summed E-state index contributed by atoms with van der Waals surface area (Å²) in [6.45, 7) is 2.67. The molecule has 128 valence electrons. The average Bonchev–Trinajstić information content (AvgIpc) is 3.29. The van der Waals surface area contributed by atoms with Crippen LogP contribution in [-0.2, 0) is 11.3 Å². The summed E-state index contributed by atoms with van der Waals surface area (Å²) in [6.07, 6.45) is 9.26. The maximum atomic E-state index is 12.1. The molecule has 6 heteroatoms. The molecule has 0 saturated carbocycles. The molecule has 1 amide bonds. The number of hydrogen-bond acceptors (Lipinski definition) is 4. The zero-order chi connectivity index (χ0) is 17.7. The molecule has 1 aliphatic heterocycles. The third-order valence-corrected chi connectivity index (χ3v) is 4.24. The highest BCUT2D eigenvalue weighted by atomic mass is 16.2. The van der Waals surface area contributed by atoms with Crippen molar-refractivity contribution in [3.63, 3.8) is 0 Å². The lowest BCUT2D eigenvalue weighted by Crippen LogP contribution is -2.31. The highest BCUT2D eigenvalue weighted by molar-refractivity contribution is 5.76. The predicted molar refractivity (Wildman–Crippen MR) is 95.7 cm³/mol. The van der Waals surface area contributed by atoms with E-state index >= 15 is 0 Å². The number of rotatable bonds is 8. The van der Waals surface area contributed by atoms with Crippen LogP contribution in [0.4, 0.5) is 0 Å². The number of nitrogens with one attached hydrogen (secondary N) is 1. The molecule has 1 aromatic heterocycles. The van der Waals surface area contributed by atoms with Gasteiger partial charge in [0.1, 0.15) is 6.54 Å². The first kappa shape index (κ1) is 16.9. The molecule has 1 N–H and O–H groups in total. The lowest BCUT2D eigenvalue weighted by molar-refractivity contribution is -0.121. The van der Waals surface area contributed by atoms with Gasteiger partial charge in [0.25, 0.3) is 0 Å². The van der Waals surface area contributed by atoms with E-state index in [1.54, 1.807) is 4.68 Å². The van der Waals surface area contributed by atoms with E-state index in [0.29, 0.717) is 19.4 Å². The molecule has 0 aliphatic carbocycles. The number of benzene rings is 1. The molecule has 0 saturated heterocycles. The standard InChI is InChI=1S/C19H21N5O/c1-3-4-10-19(22-23-19)11-12-20-18(25)14-24-13-17(15(2)21-24)16-8-6-5-7-9-16/h1,5-9,13H,4,10-12,14H2,2H3,(H,20,25). The van der Waals surface area contributed by atoms with Crippen LogP contribution >= 0.6 is 0 Å². The normalized spacial score (nSPS) is 14.1. The van der Waals surface area contributed by atoms with Crippen molar-refractivity contribution in [1.29, 1.82) is 0 Å². The first-order valence-corrected chi connectivity index (χ1v) is 8.36. The second kappa shape index (κ2) is 7.31. The molecule has 3 rings (SSSR count). The van der Waals surface area contributed by atoms with Crippen LogP contribution < -0.4 is 5.32 Å². The largest absolute Gasteiger partial charge is 0.354 e. The Kier molecular flexibility index (Phi) is 4.94. The molecule has 0 spiro atoms. The van der Waals surface area contributed by atoms with E-state index in [0.717, 1.165) is 23.2 Å². The van der Waals surface area contributed by atoms with Gasteiger partial charge in [-0.15, -0.1) is 12.3 Å². The van der Waals surface area contributed by atoms with E-state index in [4.69, 9.17) is 6.42 Å². The molecule has 0 fully saturated rings. The summed E-state index contributed by atoms with van der Waals surface area (Å²) in [6, 6.07) is 10.0. The fraction of sp³-hybridized carbons (Fsp3) is 0.368. The summed E-state index contributed by atoms with van der Waals surface area (Å²) < 4.78 is 1.67. The van der Waals surface area contributed by atoms with Crippen LogP contribution in [0.1, 0.15) is 25.0 Å². The Morgan fingerprint density at radius 1 is 1.28 bits per heavy atom. The van der Waals surface area contributed by atoms with Crippen molar-refractivity contribution in [3.05, 3.63) is 42.2 Å². The minimum Gasteiger partial charge on any atom is -0.354 e. The van der Waals surface area contributed by atoms with E-state index in [9.17, 15) is 4.79 Å². The van der Waals surface area contributed by atoms with Crippen LogP contribution in [0.25, 0.3) is 11.1 Å². The van der Waals surface area contributed by atoms with Gasteiger partial charge in [0.05, 0.1) is 5.69 Å². The summed E-state index contributed by atoms with van der Waals surface area (Å²) in [5.41, 5.74) is 2.68. The van der Waals surface area contributed by atoms with E-state index in [-0.39, 0.29) is 18.1 Å². The molecular formula is C19H21N5O. The first-order valence-electron chi connectivity index (χ1n) is 8.36. The smallest absolute Gasteiger partial charge is 0.241 e. The number of carbonyl (C=O) groups excluding carboxylic acids is 1. The molecule has 1 aromatic carbocycles. The number of aryl methyl sites for hydroxylation is 1. The minimum absolute atomic E-state index is 0.0742. The minimum atomic E-state index is -0.359. The fourth-order valence-corrected chi connectivity index (χ4v) is 2.77. The van der Waals surface area contributed by atoms with Gasteiger partial charge in [0, 0.05) is 37.6 Å². The summed E-state index contributed by atoms with van der Waals surface area (Å²) in [5, 5.41) is 15.5. The van der Waals surface area contributed by atoms with Crippen LogP contribution in [0, 0.1) is 19.3 Å². The monoisotopic (exact) mass is 335 g/mol. The van der Waals surface area contributed by atoms with E-state index < -0.39 is 0 Å². The zero-order valence-electron chi connectivity index (χ0n) is 14.3. The molecular weight excluding hydrogens is 314 g/mol. The molecule has 6 nitrogen and oxygen atoms in total. The van der Waals surface area contributed by atoms with Gasteiger partial charge in [-0.25, -0.2) is 0 Å². The van der Waals surface area contributed by atoms with Gasteiger partial charge < -0.3 is 5.32 Å². The van der Waals surface area contributed by atoms with Gasteiger partial charge >= 0.3 is 0 Å². The SMILES string of the molecule is C#CCCC1(CCNC(=O)Cn2cc(-c3ccccc3)c(C)n2)N=N1. The predicted octanol–water partition coefficient (Wildman–Crippen LogP) is 2.94. The molecule has 0 unspecified atom stereocenters. The van der Waals surface area contributed by atoms with Crippen molar-refractivity contribution < 1.29 is 4.79 Å². The van der Waals surface area contributed by atoms with E-state index in [2.05, 4.69) is 26.6 Å². The molecule has 25 heavy (non-hydrogen) atoms. The highest BCUT2D eigenvalue weighted by Gasteiger charge is 2.38. The second-order valence-electron chi connectivity index (χ2n) is 6.18. The number of terminal acetylenes is 1. The average molecular weight is 335 g/mol. The van der Waals surface area contributed by atoms with Gasteiger partial charge in [0.2, 0.25) is 5.91 Å². The lowest BCUT2D eigenvalue weighted by atomic mass is 10.0. The van der Waals surface area contributed by atoms with Gasteiger partial charge in [-0.1, -0.05) is 30.3 Å². The number of amides is 1. The Bertz CT molecular complexity index is 810. The fourth-order valence-electron chi connectivity index (χ4n) is 2.77. The highest BCUT2D eigenvalue weighted by Crippen LogP contribution is 2.36. The first-order chi connectivity index (χ1) is 12.1. The van der Waals surface area contributed by atoms with Crippen LogP contribution in [0.3, 0.4) is 0 Å². The van der Waals surface area contributed by atoms with Crippen LogP contribution in [0.5, 0.6) is 0 Å². The number of nitrogens with zero attached hydrogens (tertiary/aromatic N) is 4. The molecule has 2 heterocycles. The Morgan fingerprint density at radius 3 is 2.72 bits per heavy atom. The number of aromatic nitrogens is 2. The quantitative estimate of drug-likeness (QED) is 0.753. The maximum Gasteiger partial charge on any atom is 0.241 e. The van der Waals surface area contributed by atoms with Gasteiger partial charge in [-0.2, -0.15) is 15.3 Å². The lowest BCUT2D eigenvalue weighted by Gasteiger charge is -2.09. The van der Waals surface area contributed by atoms with E-state index in [1.165, 1.54) is 0 Å². The van der Waals surface area contributed by atoms with Crippen molar-refractivity contribution >= 4 is 5.91 Å². The van der Waals surface area contributed by atoms with Crippen molar-refractivity contribution in [3.8, 4) is 23.5 Å². The third kappa shape index (κ3) is 4.32. The Morgan fingerprint density at radius 2 is 2.04 bits per heavy atom. The molecule has 0 atom stereocenters. The van der Waals surface area contributed by atoms with Gasteiger partial charge in [0.15, 0.2) is 5.66 Å². The molecule has 0 bridgehead atoms. The van der Waals surface area contributed by atoms with Crippen molar-refractivity contribution in [1.82, 2.24) is 15.1 Å². The van der Waals surface area contributed by atoms with Crippen LogP contribution in [0.2, 0.25) is 0 Å². The Hall–Kier alpha value is -2.94. The van der Waals surface area contributed by atoms with Crippen molar-refractivity contribution in [2.45, 2.75) is 38.4 Å². The van der Waals surface area contributed by atoms with Crippen LogP contribution in [-0.4, -0.2) is 27.9 Å². The third-order valence-electron chi connectivity index (χ3n) is 4.24. The van der Waals surface area contributed by atoms with Crippen molar-refractivity contribution in [2.24, 2.45) is 10.2 Å². The van der Waals surface area contributed by atoms with Crippen LogP contribution in [0.15, 0.2) is 46.8 Å². The number of hydrogen-bond donors (Lipinski definition) is 1. The Labute approximate surface area is 147 Å². The topological polar surface area (TPSA) is 71.6 Å². The number of carbonyl (C=O) groups is 1. The van der Waals surface area contributed by atoms with Gasteiger partial charge in [-0.05, 0) is 12.5 Å². The summed E-state index contributed by atoms with van der Waals surface area (Å²) in [7, 11) is 0. The Balaban J connectivity index is 1.50.